The number of halogens is 1. The standard InChI is InChI=1S/C15H18FN/c1-9(2)11-8-14(10(3)4)17-13-7-5-6-12(16)15(11)13/h5-10H,1-4H3. The average molecular weight is 231 g/mol. The molecule has 0 spiro atoms. The minimum atomic E-state index is -0.172. The van der Waals surface area contributed by atoms with Crippen LogP contribution in [0.15, 0.2) is 24.3 Å². The summed E-state index contributed by atoms with van der Waals surface area (Å²) < 4.78 is 13.9. The highest BCUT2D eigenvalue weighted by Gasteiger charge is 2.13. The van der Waals surface area contributed by atoms with Gasteiger partial charge < -0.3 is 0 Å². The number of nitrogens with zero attached hydrogens (tertiary/aromatic N) is 1. The number of fused-ring (bicyclic) bond motifs is 1. The van der Waals surface area contributed by atoms with Gasteiger partial charge in [-0.1, -0.05) is 33.8 Å². The first kappa shape index (κ1) is 12.0. The lowest BCUT2D eigenvalue weighted by Gasteiger charge is -2.14. The summed E-state index contributed by atoms with van der Waals surface area (Å²) in [4.78, 5) is 4.54. The van der Waals surface area contributed by atoms with Crippen LogP contribution in [0.4, 0.5) is 4.39 Å². The van der Waals surface area contributed by atoms with E-state index in [9.17, 15) is 4.39 Å². The van der Waals surface area contributed by atoms with E-state index in [1.165, 1.54) is 6.07 Å². The molecule has 1 aromatic carbocycles. The largest absolute Gasteiger partial charge is 0.252 e. The molecule has 2 heteroatoms. The Morgan fingerprint density at radius 3 is 2.35 bits per heavy atom. The van der Waals surface area contributed by atoms with Crippen LogP contribution in [0.3, 0.4) is 0 Å². The molecule has 90 valence electrons. The van der Waals surface area contributed by atoms with Crippen LogP contribution in [0, 0.1) is 5.82 Å². The lowest BCUT2D eigenvalue weighted by molar-refractivity contribution is 0.636. The Morgan fingerprint density at radius 2 is 1.76 bits per heavy atom. The smallest absolute Gasteiger partial charge is 0.132 e. The molecule has 2 rings (SSSR count). The summed E-state index contributed by atoms with van der Waals surface area (Å²) in [5.41, 5.74) is 2.85. The molecule has 0 fully saturated rings. The zero-order chi connectivity index (χ0) is 12.6. The van der Waals surface area contributed by atoms with Crippen LogP contribution in [-0.4, -0.2) is 4.98 Å². The normalized spacial score (nSPS) is 11.7. The second-order valence-corrected chi connectivity index (χ2v) is 5.08. The second-order valence-electron chi connectivity index (χ2n) is 5.08. The molecule has 0 amide bonds. The highest BCUT2D eigenvalue weighted by molar-refractivity contribution is 5.83. The molecule has 2 aromatic rings. The Bertz CT molecular complexity index is 544. The highest BCUT2D eigenvalue weighted by Crippen LogP contribution is 2.29. The molecule has 1 aromatic heterocycles. The summed E-state index contributed by atoms with van der Waals surface area (Å²) in [5.74, 6) is 0.490. The number of hydrogen-bond acceptors (Lipinski definition) is 1. The Labute approximate surface area is 102 Å². The minimum Gasteiger partial charge on any atom is -0.252 e. The molecule has 0 unspecified atom stereocenters. The van der Waals surface area contributed by atoms with Gasteiger partial charge in [0.2, 0.25) is 0 Å². The van der Waals surface area contributed by atoms with E-state index in [-0.39, 0.29) is 5.82 Å². The third kappa shape index (κ3) is 2.17. The van der Waals surface area contributed by atoms with E-state index >= 15 is 0 Å². The van der Waals surface area contributed by atoms with Gasteiger partial charge in [0.1, 0.15) is 5.82 Å². The monoisotopic (exact) mass is 231 g/mol. The minimum absolute atomic E-state index is 0.172. The van der Waals surface area contributed by atoms with E-state index in [1.54, 1.807) is 6.07 Å². The number of aromatic nitrogens is 1. The van der Waals surface area contributed by atoms with Gasteiger partial charge in [-0.25, -0.2) is 4.39 Å². The second kappa shape index (κ2) is 4.44. The van der Waals surface area contributed by atoms with Crippen molar-refractivity contribution in [3.63, 3.8) is 0 Å². The van der Waals surface area contributed by atoms with Crippen molar-refractivity contribution in [3.8, 4) is 0 Å². The molecular weight excluding hydrogens is 213 g/mol. The van der Waals surface area contributed by atoms with Gasteiger partial charge >= 0.3 is 0 Å². The van der Waals surface area contributed by atoms with E-state index in [4.69, 9.17) is 0 Å². The molecule has 0 saturated carbocycles. The summed E-state index contributed by atoms with van der Waals surface area (Å²) >= 11 is 0. The van der Waals surface area contributed by atoms with Crippen molar-refractivity contribution >= 4 is 10.9 Å². The lowest BCUT2D eigenvalue weighted by Crippen LogP contribution is -2.00. The van der Waals surface area contributed by atoms with Crippen molar-refractivity contribution < 1.29 is 4.39 Å². The summed E-state index contributed by atoms with van der Waals surface area (Å²) in [6.07, 6.45) is 0. The van der Waals surface area contributed by atoms with Gasteiger partial charge in [0.15, 0.2) is 0 Å². The first-order valence-electron chi connectivity index (χ1n) is 6.09. The molecule has 1 nitrogen and oxygen atoms in total. The van der Waals surface area contributed by atoms with Crippen LogP contribution in [0.5, 0.6) is 0 Å². The molecule has 0 atom stereocenters. The molecule has 0 radical (unpaired) electrons. The SMILES string of the molecule is CC(C)c1cc(C(C)C)c2c(F)cccc2n1. The van der Waals surface area contributed by atoms with E-state index in [2.05, 4.69) is 32.7 Å². The van der Waals surface area contributed by atoms with Crippen molar-refractivity contribution in [3.05, 3.63) is 41.3 Å². The van der Waals surface area contributed by atoms with Gasteiger partial charge in [0, 0.05) is 11.1 Å². The lowest BCUT2D eigenvalue weighted by atomic mass is 9.95. The quantitative estimate of drug-likeness (QED) is 0.734. The molecular formula is C15H18FN. The van der Waals surface area contributed by atoms with Crippen LogP contribution in [-0.2, 0) is 0 Å². The average Bonchev–Trinajstić information content (AvgIpc) is 2.27. The number of pyridine rings is 1. The predicted octanol–water partition coefficient (Wildman–Crippen LogP) is 4.62. The third-order valence-electron chi connectivity index (χ3n) is 3.05. The van der Waals surface area contributed by atoms with Crippen LogP contribution in [0.25, 0.3) is 10.9 Å². The maximum Gasteiger partial charge on any atom is 0.132 e. The molecule has 0 bridgehead atoms. The first-order valence-corrected chi connectivity index (χ1v) is 6.09. The fourth-order valence-electron chi connectivity index (χ4n) is 2.05. The Hall–Kier alpha value is -1.44. The Balaban J connectivity index is 2.81. The van der Waals surface area contributed by atoms with E-state index < -0.39 is 0 Å². The fraction of sp³-hybridized carbons (Fsp3) is 0.400. The van der Waals surface area contributed by atoms with Crippen LogP contribution in [0.1, 0.15) is 50.8 Å². The molecule has 0 aliphatic heterocycles. The summed E-state index contributed by atoms with van der Waals surface area (Å²) in [7, 11) is 0. The van der Waals surface area contributed by atoms with E-state index in [1.807, 2.05) is 12.1 Å². The van der Waals surface area contributed by atoms with E-state index in [0.29, 0.717) is 17.2 Å². The maximum atomic E-state index is 13.9. The summed E-state index contributed by atoms with van der Waals surface area (Å²) in [6.45, 7) is 8.39. The van der Waals surface area contributed by atoms with Gasteiger partial charge in [0.05, 0.1) is 5.52 Å². The topological polar surface area (TPSA) is 12.9 Å². The molecule has 0 saturated heterocycles. The number of rotatable bonds is 2. The molecule has 0 aliphatic carbocycles. The maximum absolute atomic E-state index is 13.9. The van der Waals surface area contributed by atoms with Gasteiger partial charge in [-0.2, -0.15) is 0 Å². The van der Waals surface area contributed by atoms with Crippen molar-refractivity contribution in [2.75, 3.05) is 0 Å². The first-order chi connectivity index (χ1) is 8.00. The van der Waals surface area contributed by atoms with Gasteiger partial charge in [-0.3, -0.25) is 4.98 Å². The molecule has 0 N–H and O–H groups in total. The Morgan fingerprint density at radius 1 is 1.06 bits per heavy atom. The molecule has 0 aliphatic rings. The van der Waals surface area contributed by atoms with E-state index in [0.717, 1.165) is 16.8 Å². The molecule has 1 heterocycles. The zero-order valence-corrected chi connectivity index (χ0v) is 10.8. The van der Waals surface area contributed by atoms with Gasteiger partial charge in [-0.05, 0) is 35.6 Å². The number of hydrogen-bond donors (Lipinski definition) is 0. The highest BCUT2D eigenvalue weighted by atomic mass is 19.1. The Kier molecular flexibility index (Phi) is 3.14. The van der Waals surface area contributed by atoms with Crippen LogP contribution >= 0.6 is 0 Å². The number of benzene rings is 1. The van der Waals surface area contributed by atoms with Crippen LogP contribution < -0.4 is 0 Å². The fourth-order valence-corrected chi connectivity index (χ4v) is 2.05. The summed E-state index contributed by atoms with van der Waals surface area (Å²) in [5, 5.41) is 0.673. The summed E-state index contributed by atoms with van der Waals surface area (Å²) in [6, 6.07) is 7.15. The predicted molar refractivity (Wildman–Crippen MR) is 69.9 cm³/mol. The van der Waals surface area contributed by atoms with Crippen molar-refractivity contribution in [2.24, 2.45) is 0 Å². The van der Waals surface area contributed by atoms with Gasteiger partial charge in [0.25, 0.3) is 0 Å². The van der Waals surface area contributed by atoms with Crippen LogP contribution in [0.2, 0.25) is 0 Å². The van der Waals surface area contributed by atoms with Crippen molar-refractivity contribution in [2.45, 2.75) is 39.5 Å². The van der Waals surface area contributed by atoms with Gasteiger partial charge in [-0.15, -0.1) is 0 Å². The molecule has 17 heavy (non-hydrogen) atoms. The van der Waals surface area contributed by atoms with Crippen molar-refractivity contribution in [1.82, 2.24) is 4.98 Å². The zero-order valence-electron chi connectivity index (χ0n) is 10.8. The third-order valence-corrected chi connectivity index (χ3v) is 3.05. The van der Waals surface area contributed by atoms with Crippen molar-refractivity contribution in [1.29, 1.82) is 0 Å².